The van der Waals surface area contributed by atoms with Gasteiger partial charge in [0, 0.05) is 29.4 Å². The lowest BCUT2D eigenvalue weighted by Gasteiger charge is -2.02. The van der Waals surface area contributed by atoms with Gasteiger partial charge in [-0.1, -0.05) is 6.07 Å². The van der Waals surface area contributed by atoms with Crippen LogP contribution < -0.4 is 5.32 Å². The Hall–Kier alpha value is -0.970. The summed E-state index contributed by atoms with van der Waals surface area (Å²) in [5, 5.41) is 2.87. The van der Waals surface area contributed by atoms with E-state index >= 15 is 0 Å². The summed E-state index contributed by atoms with van der Waals surface area (Å²) in [4.78, 5) is 3.59. The third-order valence-corrected chi connectivity index (χ3v) is 2.19. The Morgan fingerprint density at radius 3 is 3.00 bits per heavy atom. The number of anilines is 1. The number of rotatable bonds is 4. The molecule has 1 atom stereocenters. The Balaban J connectivity index is 2.41. The van der Waals surface area contributed by atoms with Crippen molar-refractivity contribution in [3.05, 3.63) is 24.1 Å². The molecule has 72 valence electrons. The monoisotopic (exact) mass is 202 g/mol. The summed E-state index contributed by atoms with van der Waals surface area (Å²) in [5.74, 6) is 0.506. The number of halogens is 1. The summed E-state index contributed by atoms with van der Waals surface area (Å²) in [6.45, 7) is 0.541. The van der Waals surface area contributed by atoms with Crippen LogP contribution in [0, 0.1) is 5.95 Å². The van der Waals surface area contributed by atoms with Gasteiger partial charge in [-0.15, -0.1) is 0 Å². The molecular weight excluding hydrogens is 191 g/mol. The fourth-order valence-electron chi connectivity index (χ4n) is 0.830. The van der Waals surface area contributed by atoms with E-state index in [2.05, 4.69) is 10.3 Å². The number of aromatic nitrogens is 1. The molecule has 0 radical (unpaired) electrons. The Labute approximate surface area is 78.8 Å². The van der Waals surface area contributed by atoms with Gasteiger partial charge in [-0.2, -0.15) is 4.39 Å². The summed E-state index contributed by atoms with van der Waals surface area (Å²) in [7, 11) is -0.829. The van der Waals surface area contributed by atoms with E-state index < -0.39 is 16.7 Å². The third-order valence-electron chi connectivity index (χ3n) is 1.41. The first-order chi connectivity index (χ1) is 6.18. The molecule has 1 heterocycles. The second-order valence-corrected chi connectivity index (χ2v) is 4.10. The van der Waals surface area contributed by atoms with Crippen LogP contribution >= 0.6 is 0 Å². The summed E-state index contributed by atoms with van der Waals surface area (Å²) in [5.41, 5.74) is 0. The van der Waals surface area contributed by atoms with Crippen molar-refractivity contribution >= 4 is 16.6 Å². The fraction of sp³-hybridized carbons (Fsp3) is 0.375. The van der Waals surface area contributed by atoms with Gasteiger partial charge in [0.25, 0.3) is 0 Å². The van der Waals surface area contributed by atoms with E-state index in [9.17, 15) is 8.60 Å². The number of hydrogen-bond acceptors (Lipinski definition) is 3. The van der Waals surface area contributed by atoms with Gasteiger partial charge in [0.2, 0.25) is 5.95 Å². The van der Waals surface area contributed by atoms with Gasteiger partial charge in [-0.05, 0) is 12.1 Å². The van der Waals surface area contributed by atoms with E-state index in [4.69, 9.17) is 0 Å². The maximum atomic E-state index is 12.5. The minimum absolute atomic E-state index is 0.477. The molecule has 1 aromatic heterocycles. The Morgan fingerprint density at radius 2 is 2.38 bits per heavy atom. The van der Waals surface area contributed by atoms with Crippen molar-refractivity contribution in [3.63, 3.8) is 0 Å². The van der Waals surface area contributed by atoms with Crippen LogP contribution in [0.4, 0.5) is 10.2 Å². The summed E-state index contributed by atoms with van der Waals surface area (Å²) in [6, 6.07) is 4.53. The highest BCUT2D eigenvalue weighted by atomic mass is 32.2. The Morgan fingerprint density at radius 1 is 1.62 bits per heavy atom. The number of nitrogens with one attached hydrogen (secondary N) is 1. The van der Waals surface area contributed by atoms with Crippen molar-refractivity contribution in [3.8, 4) is 0 Å². The fourth-order valence-corrected chi connectivity index (χ4v) is 1.22. The van der Waals surface area contributed by atoms with Crippen molar-refractivity contribution in [1.29, 1.82) is 0 Å². The number of nitrogens with zero attached hydrogens (tertiary/aromatic N) is 1. The first-order valence-corrected chi connectivity index (χ1v) is 5.57. The highest BCUT2D eigenvalue weighted by molar-refractivity contribution is 7.84. The third kappa shape index (κ3) is 3.98. The highest BCUT2D eigenvalue weighted by Crippen LogP contribution is 2.02. The van der Waals surface area contributed by atoms with Crippen LogP contribution in [0.2, 0.25) is 0 Å². The van der Waals surface area contributed by atoms with Crippen LogP contribution in [-0.4, -0.2) is 27.7 Å². The molecule has 0 aliphatic rings. The molecule has 0 saturated carbocycles. The molecule has 1 N–H and O–H groups in total. The lowest BCUT2D eigenvalue weighted by Crippen LogP contribution is -2.10. The summed E-state index contributed by atoms with van der Waals surface area (Å²) >= 11 is 0. The Kier molecular flexibility index (Phi) is 3.82. The lowest BCUT2D eigenvalue weighted by molar-refractivity contribution is 0.585. The SMILES string of the molecule is CS(=O)CCNc1cccc(F)n1. The zero-order valence-electron chi connectivity index (χ0n) is 7.29. The standard InChI is InChI=1S/C8H11FN2OS/c1-13(12)6-5-10-8-4-2-3-7(9)11-8/h2-4H,5-6H2,1H3,(H,10,11). The van der Waals surface area contributed by atoms with Crippen LogP contribution in [0.5, 0.6) is 0 Å². The molecule has 0 aromatic carbocycles. The van der Waals surface area contributed by atoms with Gasteiger partial charge >= 0.3 is 0 Å². The van der Waals surface area contributed by atoms with E-state index in [1.165, 1.54) is 6.07 Å². The van der Waals surface area contributed by atoms with Crippen molar-refractivity contribution in [2.24, 2.45) is 0 Å². The topological polar surface area (TPSA) is 42.0 Å². The molecule has 3 nitrogen and oxygen atoms in total. The quantitative estimate of drug-likeness (QED) is 0.741. The van der Waals surface area contributed by atoms with Crippen molar-refractivity contribution in [2.45, 2.75) is 0 Å². The minimum atomic E-state index is -0.829. The largest absolute Gasteiger partial charge is 0.369 e. The first-order valence-electron chi connectivity index (χ1n) is 3.85. The van der Waals surface area contributed by atoms with Crippen molar-refractivity contribution < 1.29 is 8.60 Å². The molecule has 13 heavy (non-hydrogen) atoms. The molecule has 5 heteroatoms. The van der Waals surface area contributed by atoms with Crippen LogP contribution in [0.25, 0.3) is 0 Å². The van der Waals surface area contributed by atoms with Gasteiger partial charge in [0.1, 0.15) is 5.82 Å². The molecule has 0 amide bonds. The molecule has 0 aliphatic heterocycles. The van der Waals surface area contributed by atoms with E-state index in [0.29, 0.717) is 18.1 Å². The minimum Gasteiger partial charge on any atom is -0.369 e. The summed E-state index contributed by atoms with van der Waals surface area (Å²) < 4.78 is 23.2. The smallest absolute Gasteiger partial charge is 0.214 e. The highest BCUT2D eigenvalue weighted by Gasteiger charge is 1.95. The zero-order valence-corrected chi connectivity index (χ0v) is 8.10. The van der Waals surface area contributed by atoms with Gasteiger partial charge in [-0.3, -0.25) is 4.21 Å². The maximum Gasteiger partial charge on any atom is 0.214 e. The summed E-state index contributed by atoms with van der Waals surface area (Å²) in [6.07, 6.45) is 1.63. The zero-order chi connectivity index (χ0) is 9.68. The molecule has 0 bridgehead atoms. The van der Waals surface area contributed by atoms with Crippen LogP contribution in [0.15, 0.2) is 18.2 Å². The average Bonchev–Trinajstić information content (AvgIpc) is 2.03. The lowest BCUT2D eigenvalue weighted by atomic mass is 10.4. The second kappa shape index (κ2) is 4.91. The molecule has 0 fully saturated rings. The number of pyridine rings is 1. The van der Waals surface area contributed by atoms with E-state index in [1.54, 1.807) is 18.4 Å². The molecular formula is C8H11FN2OS. The average molecular weight is 202 g/mol. The normalized spacial score (nSPS) is 12.5. The molecule has 0 saturated heterocycles. The van der Waals surface area contributed by atoms with Crippen LogP contribution in [0.1, 0.15) is 0 Å². The predicted molar refractivity (Wildman–Crippen MR) is 51.6 cm³/mol. The number of hydrogen-bond donors (Lipinski definition) is 1. The van der Waals surface area contributed by atoms with Gasteiger partial charge in [0.05, 0.1) is 0 Å². The molecule has 0 spiro atoms. The molecule has 1 aromatic rings. The van der Waals surface area contributed by atoms with Gasteiger partial charge in [0.15, 0.2) is 0 Å². The van der Waals surface area contributed by atoms with E-state index in [-0.39, 0.29) is 0 Å². The Bertz CT molecular complexity index is 306. The maximum absolute atomic E-state index is 12.5. The van der Waals surface area contributed by atoms with Gasteiger partial charge in [-0.25, -0.2) is 4.98 Å². The first kappa shape index (κ1) is 10.1. The molecule has 1 rings (SSSR count). The van der Waals surface area contributed by atoms with Crippen molar-refractivity contribution in [1.82, 2.24) is 4.98 Å². The van der Waals surface area contributed by atoms with Crippen molar-refractivity contribution in [2.75, 3.05) is 23.9 Å². The van der Waals surface area contributed by atoms with E-state index in [1.807, 2.05) is 0 Å². The van der Waals surface area contributed by atoms with E-state index in [0.717, 1.165) is 0 Å². The van der Waals surface area contributed by atoms with Gasteiger partial charge < -0.3 is 5.32 Å². The predicted octanol–water partition coefficient (Wildman–Crippen LogP) is 1.01. The molecule has 1 unspecified atom stereocenters. The second-order valence-electron chi connectivity index (χ2n) is 2.55. The van der Waals surface area contributed by atoms with Crippen LogP contribution in [-0.2, 0) is 10.8 Å². The van der Waals surface area contributed by atoms with Crippen LogP contribution in [0.3, 0.4) is 0 Å². The molecule has 0 aliphatic carbocycles.